The standard InChI is InChI=1S/C19H22Cl2N6O4S2/c20-13-2-1-11(5-14(13)21)8-27-3-4-31-12(9-27)7-23-17(30)10-32-19-26-25-18(33-19)24-16(29)6-15(22)28/h1-2,5,12H,3-4,6-10H2,(H2,22,28)(H,23,30)(H,24,25,29). The number of amides is 3. The number of benzene rings is 1. The van der Waals surface area contributed by atoms with E-state index < -0.39 is 18.2 Å². The number of ether oxygens (including phenoxy) is 1. The fourth-order valence-electron chi connectivity index (χ4n) is 2.99. The third-order valence-corrected chi connectivity index (χ3v) is 7.17. The normalized spacial score (nSPS) is 16.4. The molecule has 1 atom stereocenters. The second-order valence-corrected chi connectivity index (χ2v) is 10.1. The van der Waals surface area contributed by atoms with Crippen LogP contribution in [0.5, 0.6) is 0 Å². The van der Waals surface area contributed by atoms with Gasteiger partial charge in [-0.1, -0.05) is 52.4 Å². The van der Waals surface area contributed by atoms with E-state index in [-0.39, 0.29) is 22.9 Å². The molecule has 2 heterocycles. The predicted octanol–water partition coefficient (Wildman–Crippen LogP) is 1.77. The van der Waals surface area contributed by atoms with Crippen molar-refractivity contribution in [3.63, 3.8) is 0 Å². The van der Waals surface area contributed by atoms with Crippen LogP contribution >= 0.6 is 46.3 Å². The van der Waals surface area contributed by atoms with Crippen molar-refractivity contribution in [1.29, 1.82) is 0 Å². The number of carbonyl (C=O) groups is 3. The lowest BCUT2D eigenvalue weighted by Crippen LogP contribution is -2.47. The maximum atomic E-state index is 12.2. The summed E-state index contributed by atoms with van der Waals surface area (Å²) in [4.78, 5) is 36.7. The van der Waals surface area contributed by atoms with Gasteiger partial charge in [-0.15, -0.1) is 10.2 Å². The van der Waals surface area contributed by atoms with E-state index in [0.29, 0.717) is 34.1 Å². The number of aromatic nitrogens is 2. The fraction of sp³-hybridized carbons (Fsp3) is 0.421. The third-order valence-electron chi connectivity index (χ3n) is 4.45. The monoisotopic (exact) mass is 532 g/mol. The lowest BCUT2D eigenvalue weighted by Gasteiger charge is -2.33. The average Bonchev–Trinajstić information content (AvgIpc) is 3.20. The van der Waals surface area contributed by atoms with E-state index >= 15 is 0 Å². The first-order valence-corrected chi connectivity index (χ1v) is 12.4. The Morgan fingerprint density at radius 1 is 1.24 bits per heavy atom. The smallest absolute Gasteiger partial charge is 0.235 e. The van der Waals surface area contributed by atoms with Gasteiger partial charge >= 0.3 is 0 Å². The number of carbonyl (C=O) groups excluding carboxylic acids is 3. The zero-order chi connectivity index (χ0) is 23.8. The first-order valence-electron chi connectivity index (χ1n) is 9.87. The number of nitrogens with zero attached hydrogens (tertiary/aromatic N) is 3. The first-order chi connectivity index (χ1) is 15.8. The lowest BCUT2D eigenvalue weighted by atomic mass is 10.2. The van der Waals surface area contributed by atoms with E-state index in [0.717, 1.165) is 30.0 Å². The molecule has 1 aliphatic heterocycles. The van der Waals surface area contributed by atoms with Gasteiger partial charge in [0.2, 0.25) is 22.9 Å². The van der Waals surface area contributed by atoms with Crippen LogP contribution in [0.3, 0.4) is 0 Å². The quantitative estimate of drug-likeness (QED) is 0.239. The highest BCUT2D eigenvalue weighted by Gasteiger charge is 2.21. The topological polar surface area (TPSA) is 140 Å². The maximum absolute atomic E-state index is 12.2. The van der Waals surface area contributed by atoms with Gasteiger partial charge in [-0.3, -0.25) is 19.3 Å². The predicted molar refractivity (Wildman–Crippen MR) is 128 cm³/mol. The molecule has 3 rings (SSSR count). The number of hydrogen-bond acceptors (Lipinski definition) is 9. The largest absolute Gasteiger partial charge is 0.374 e. The fourth-order valence-corrected chi connectivity index (χ4v) is 4.91. The van der Waals surface area contributed by atoms with E-state index in [2.05, 4.69) is 25.7 Å². The molecule has 14 heteroatoms. The minimum Gasteiger partial charge on any atom is -0.374 e. The van der Waals surface area contributed by atoms with Crippen LogP contribution in [0, 0.1) is 0 Å². The van der Waals surface area contributed by atoms with Gasteiger partial charge in [-0.2, -0.15) is 0 Å². The molecule has 0 aliphatic carbocycles. The molecule has 1 aromatic heterocycles. The van der Waals surface area contributed by atoms with Gasteiger partial charge in [0.05, 0.1) is 28.5 Å². The molecule has 1 fully saturated rings. The van der Waals surface area contributed by atoms with E-state index in [1.165, 1.54) is 11.8 Å². The van der Waals surface area contributed by atoms with Crippen molar-refractivity contribution < 1.29 is 19.1 Å². The van der Waals surface area contributed by atoms with Crippen molar-refractivity contribution in [3.05, 3.63) is 33.8 Å². The summed E-state index contributed by atoms with van der Waals surface area (Å²) in [7, 11) is 0. The number of thioether (sulfide) groups is 1. The zero-order valence-electron chi connectivity index (χ0n) is 17.4. The highest BCUT2D eigenvalue weighted by Crippen LogP contribution is 2.25. The number of primary amides is 1. The van der Waals surface area contributed by atoms with Crippen LogP contribution in [0.1, 0.15) is 12.0 Å². The van der Waals surface area contributed by atoms with Gasteiger partial charge in [0, 0.05) is 26.2 Å². The number of rotatable bonds is 10. The summed E-state index contributed by atoms with van der Waals surface area (Å²) in [6.45, 7) is 3.15. The summed E-state index contributed by atoms with van der Waals surface area (Å²) in [5.41, 5.74) is 6.03. The minimum atomic E-state index is -0.734. The minimum absolute atomic E-state index is 0.121. The molecule has 1 saturated heterocycles. The van der Waals surface area contributed by atoms with E-state index in [4.69, 9.17) is 33.7 Å². The summed E-state index contributed by atoms with van der Waals surface area (Å²) in [6.07, 6.45) is -0.553. The second kappa shape index (κ2) is 12.5. The molecule has 4 N–H and O–H groups in total. The van der Waals surface area contributed by atoms with Crippen LogP contribution in [0.25, 0.3) is 0 Å². The molecule has 0 radical (unpaired) electrons. The zero-order valence-corrected chi connectivity index (χ0v) is 20.5. The summed E-state index contributed by atoms with van der Waals surface area (Å²) in [6, 6.07) is 5.58. The van der Waals surface area contributed by atoms with Crippen LogP contribution in [-0.4, -0.2) is 70.9 Å². The number of morpholine rings is 1. The Hall–Kier alpha value is -1.96. The Kier molecular flexibility index (Phi) is 9.71. The number of hydrogen-bond donors (Lipinski definition) is 3. The molecule has 33 heavy (non-hydrogen) atoms. The van der Waals surface area contributed by atoms with E-state index in [1.54, 1.807) is 6.07 Å². The molecule has 10 nitrogen and oxygen atoms in total. The number of nitrogens with two attached hydrogens (primary N) is 1. The van der Waals surface area contributed by atoms with Crippen LogP contribution < -0.4 is 16.4 Å². The molecule has 0 bridgehead atoms. The second-order valence-electron chi connectivity index (χ2n) is 7.13. The molecule has 0 spiro atoms. The highest BCUT2D eigenvalue weighted by molar-refractivity contribution is 8.01. The average molecular weight is 533 g/mol. The van der Waals surface area contributed by atoms with Crippen LogP contribution in [0.2, 0.25) is 10.0 Å². The van der Waals surface area contributed by atoms with Crippen LogP contribution in [0.4, 0.5) is 5.13 Å². The lowest BCUT2D eigenvalue weighted by molar-refractivity contribution is -0.125. The third kappa shape index (κ3) is 8.72. The first kappa shape index (κ1) is 25.7. The maximum Gasteiger partial charge on any atom is 0.235 e. The molecule has 1 unspecified atom stereocenters. The van der Waals surface area contributed by atoms with Crippen molar-refractivity contribution in [2.45, 2.75) is 23.4 Å². The highest BCUT2D eigenvalue weighted by atomic mass is 35.5. The van der Waals surface area contributed by atoms with Crippen molar-refractivity contribution in [1.82, 2.24) is 20.4 Å². The molecule has 1 aliphatic rings. The van der Waals surface area contributed by atoms with Crippen molar-refractivity contribution in [3.8, 4) is 0 Å². The molecule has 2 aromatic rings. The molecule has 0 saturated carbocycles. The Bertz CT molecular complexity index is 1010. The summed E-state index contributed by atoms with van der Waals surface area (Å²) in [5, 5.41) is 14.3. The van der Waals surface area contributed by atoms with Gasteiger partial charge in [0.25, 0.3) is 0 Å². The number of halogens is 2. The molecular formula is C19H22Cl2N6O4S2. The van der Waals surface area contributed by atoms with Gasteiger partial charge < -0.3 is 21.1 Å². The SMILES string of the molecule is NC(=O)CC(=O)Nc1nnc(SCC(=O)NCC2CN(Cc3ccc(Cl)c(Cl)c3)CCO2)s1. The van der Waals surface area contributed by atoms with Gasteiger partial charge in [-0.25, -0.2) is 0 Å². The summed E-state index contributed by atoms with van der Waals surface area (Å²) in [5.74, 6) is -1.32. The van der Waals surface area contributed by atoms with Gasteiger partial charge in [0.15, 0.2) is 4.34 Å². The molecular weight excluding hydrogens is 511 g/mol. The molecule has 1 aromatic carbocycles. The van der Waals surface area contributed by atoms with Crippen molar-refractivity contribution >= 4 is 69.2 Å². The van der Waals surface area contributed by atoms with Crippen LogP contribution in [0.15, 0.2) is 22.5 Å². The summed E-state index contributed by atoms with van der Waals surface area (Å²) >= 11 is 14.4. The Balaban J connectivity index is 1.37. The van der Waals surface area contributed by atoms with Gasteiger partial charge in [-0.05, 0) is 17.7 Å². The molecule has 3 amide bonds. The van der Waals surface area contributed by atoms with Gasteiger partial charge in [0.1, 0.15) is 6.42 Å². The van der Waals surface area contributed by atoms with Crippen LogP contribution in [-0.2, 0) is 25.7 Å². The van der Waals surface area contributed by atoms with E-state index in [9.17, 15) is 14.4 Å². The molecule has 178 valence electrons. The van der Waals surface area contributed by atoms with Crippen molar-refractivity contribution in [2.75, 3.05) is 37.3 Å². The van der Waals surface area contributed by atoms with Crippen molar-refractivity contribution in [2.24, 2.45) is 5.73 Å². The number of anilines is 1. The Morgan fingerprint density at radius 3 is 2.82 bits per heavy atom. The number of nitrogens with one attached hydrogen (secondary N) is 2. The Morgan fingerprint density at radius 2 is 2.06 bits per heavy atom. The Labute approximate surface area is 208 Å². The summed E-state index contributed by atoms with van der Waals surface area (Å²) < 4.78 is 6.28. The van der Waals surface area contributed by atoms with E-state index in [1.807, 2.05) is 12.1 Å².